The van der Waals surface area contributed by atoms with Gasteiger partial charge in [0, 0.05) is 24.6 Å². The van der Waals surface area contributed by atoms with E-state index < -0.39 is 0 Å². The van der Waals surface area contributed by atoms with Gasteiger partial charge in [0.2, 0.25) is 0 Å². The number of benzene rings is 1. The molecule has 0 spiro atoms. The Balaban J connectivity index is 2.70. The fourth-order valence-electron chi connectivity index (χ4n) is 1.91. The van der Waals surface area contributed by atoms with Crippen LogP contribution in [0.3, 0.4) is 0 Å². The number of aromatic nitrogens is 2. The summed E-state index contributed by atoms with van der Waals surface area (Å²) in [7, 11) is 1.80. The minimum atomic E-state index is -0.332. The second-order valence-corrected chi connectivity index (χ2v) is 4.60. The van der Waals surface area contributed by atoms with E-state index in [0.717, 1.165) is 11.4 Å². The van der Waals surface area contributed by atoms with Gasteiger partial charge in [-0.25, -0.2) is 14.4 Å². The predicted octanol–water partition coefficient (Wildman–Crippen LogP) is 3.85. The lowest BCUT2D eigenvalue weighted by molar-refractivity contribution is 0.628. The van der Waals surface area contributed by atoms with Gasteiger partial charge in [0.25, 0.3) is 0 Å². The first-order chi connectivity index (χ1) is 9.06. The molecular formula is C14H15ClFN3. The summed E-state index contributed by atoms with van der Waals surface area (Å²) >= 11 is 6.15. The molecule has 0 amide bonds. The van der Waals surface area contributed by atoms with Crippen LogP contribution in [-0.4, -0.2) is 17.0 Å². The fourth-order valence-corrected chi connectivity index (χ4v) is 2.11. The van der Waals surface area contributed by atoms with Crippen molar-refractivity contribution in [2.24, 2.45) is 0 Å². The molecule has 1 aromatic carbocycles. The highest BCUT2D eigenvalue weighted by Gasteiger charge is 2.14. The van der Waals surface area contributed by atoms with Crippen LogP contribution in [0.25, 0.3) is 11.3 Å². The van der Waals surface area contributed by atoms with Crippen LogP contribution in [0.1, 0.15) is 18.3 Å². The molecule has 0 radical (unpaired) electrons. The van der Waals surface area contributed by atoms with Crippen molar-refractivity contribution in [3.05, 3.63) is 40.4 Å². The Morgan fingerprint density at radius 2 is 2.05 bits per heavy atom. The first kappa shape index (κ1) is 13.7. The molecule has 100 valence electrons. The Hall–Kier alpha value is -1.68. The highest BCUT2D eigenvalue weighted by Crippen LogP contribution is 2.31. The Labute approximate surface area is 116 Å². The van der Waals surface area contributed by atoms with Gasteiger partial charge in [0.05, 0.1) is 10.7 Å². The maximum absolute atomic E-state index is 13.4. The smallest absolute Gasteiger partial charge is 0.132 e. The lowest BCUT2D eigenvalue weighted by atomic mass is 10.1. The van der Waals surface area contributed by atoms with Crippen molar-refractivity contribution in [3.63, 3.8) is 0 Å². The number of nitrogens with zero attached hydrogens (tertiary/aromatic N) is 2. The Morgan fingerprint density at radius 3 is 2.68 bits per heavy atom. The van der Waals surface area contributed by atoms with Crippen molar-refractivity contribution in [1.29, 1.82) is 0 Å². The lowest BCUT2D eigenvalue weighted by Crippen LogP contribution is -2.05. The van der Waals surface area contributed by atoms with Crippen LogP contribution >= 0.6 is 11.6 Å². The van der Waals surface area contributed by atoms with E-state index in [-0.39, 0.29) is 5.82 Å². The molecule has 1 heterocycles. The molecule has 1 aromatic heterocycles. The normalized spacial score (nSPS) is 10.6. The summed E-state index contributed by atoms with van der Waals surface area (Å²) in [5.41, 5.74) is 2.11. The van der Waals surface area contributed by atoms with Gasteiger partial charge in [-0.3, -0.25) is 0 Å². The number of aryl methyl sites for hydroxylation is 1. The van der Waals surface area contributed by atoms with Crippen LogP contribution in [-0.2, 0) is 6.42 Å². The third-order valence-corrected chi connectivity index (χ3v) is 3.26. The van der Waals surface area contributed by atoms with Gasteiger partial charge in [-0.2, -0.15) is 0 Å². The topological polar surface area (TPSA) is 37.8 Å². The van der Waals surface area contributed by atoms with Crippen molar-refractivity contribution in [3.8, 4) is 11.3 Å². The zero-order valence-electron chi connectivity index (χ0n) is 11.1. The van der Waals surface area contributed by atoms with Crippen LogP contribution < -0.4 is 5.32 Å². The molecule has 0 fully saturated rings. The molecule has 0 aliphatic heterocycles. The molecule has 5 heteroatoms. The van der Waals surface area contributed by atoms with Crippen LogP contribution in [0.4, 0.5) is 10.2 Å². The second-order valence-electron chi connectivity index (χ2n) is 4.19. The molecule has 19 heavy (non-hydrogen) atoms. The summed E-state index contributed by atoms with van der Waals surface area (Å²) in [6.45, 7) is 3.86. The van der Waals surface area contributed by atoms with Crippen molar-refractivity contribution < 1.29 is 4.39 Å². The summed E-state index contributed by atoms with van der Waals surface area (Å²) in [4.78, 5) is 8.86. The highest BCUT2D eigenvalue weighted by atomic mass is 35.5. The van der Waals surface area contributed by atoms with Gasteiger partial charge < -0.3 is 5.32 Å². The second kappa shape index (κ2) is 5.53. The zero-order chi connectivity index (χ0) is 14.0. The molecule has 3 nitrogen and oxygen atoms in total. The third kappa shape index (κ3) is 2.68. The predicted molar refractivity (Wildman–Crippen MR) is 76.1 cm³/mol. The Kier molecular flexibility index (Phi) is 4.00. The van der Waals surface area contributed by atoms with Crippen molar-refractivity contribution in [1.82, 2.24) is 9.97 Å². The number of halogens is 2. The fraction of sp³-hybridized carbons (Fsp3) is 0.286. The van der Waals surface area contributed by atoms with Gasteiger partial charge in [-0.05, 0) is 25.1 Å². The Bertz CT molecular complexity index is 614. The van der Waals surface area contributed by atoms with Gasteiger partial charge in [0.15, 0.2) is 0 Å². The molecule has 0 bridgehead atoms. The molecule has 0 atom stereocenters. The van der Waals surface area contributed by atoms with Gasteiger partial charge in [-0.1, -0.05) is 18.5 Å². The summed E-state index contributed by atoms with van der Waals surface area (Å²) in [5.74, 6) is 1.11. The van der Waals surface area contributed by atoms with Crippen LogP contribution in [0.2, 0.25) is 5.02 Å². The minimum Gasteiger partial charge on any atom is -0.373 e. The lowest BCUT2D eigenvalue weighted by Gasteiger charge is -2.13. The summed E-state index contributed by atoms with van der Waals surface area (Å²) in [5, 5.41) is 3.51. The molecule has 2 aromatic rings. The van der Waals surface area contributed by atoms with Crippen molar-refractivity contribution >= 4 is 17.4 Å². The van der Waals surface area contributed by atoms with Crippen molar-refractivity contribution in [2.45, 2.75) is 20.3 Å². The summed E-state index contributed by atoms with van der Waals surface area (Å²) < 4.78 is 13.4. The Morgan fingerprint density at radius 1 is 1.32 bits per heavy atom. The van der Waals surface area contributed by atoms with E-state index in [1.807, 2.05) is 13.8 Å². The highest BCUT2D eigenvalue weighted by molar-refractivity contribution is 6.33. The monoisotopic (exact) mass is 279 g/mol. The number of hydrogen-bond acceptors (Lipinski definition) is 3. The van der Waals surface area contributed by atoms with E-state index in [1.54, 1.807) is 13.1 Å². The molecule has 0 saturated heterocycles. The average Bonchev–Trinajstić information content (AvgIpc) is 2.42. The summed E-state index contributed by atoms with van der Waals surface area (Å²) in [6, 6.07) is 4.27. The van der Waals surface area contributed by atoms with E-state index >= 15 is 0 Å². The average molecular weight is 280 g/mol. The molecule has 2 rings (SSSR count). The quantitative estimate of drug-likeness (QED) is 0.927. The number of anilines is 1. The maximum atomic E-state index is 13.4. The SMILES string of the molecule is CCc1nc(NC)c(C)c(-c2cc(F)ccc2Cl)n1. The van der Waals surface area contributed by atoms with Crippen LogP contribution in [0.5, 0.6) is 0 Å². The number of nitrogens with one attached hydrogen (secondary N) is 1. The van der Waals surface area contributed by atoms with E-state index in [1.165, 1.54) is 12.1 Å². The zero-order valence-corrected chi connectivity index (χ0v) is 11.8. The third-order valence-electron chi connectivity index (χ3n) is 2.93. The first-order valence-corrected chi connectivity index (χ1v) is 6.45. The first-order valence-electron chi connectivity index (χ1n) is 6.07. The molecule has 0 unspecified atom stereocenters. The van der Waals surface area contributed by atoms with Crippen molar-refractivity contribution in [2.75, 3.05) is 12.4 Å². The van der Waals surface area contributed by atoms with E-state index in [0.29, 0.717) is 28.5 Å². The minimum absolute atomic E-state index is 0.332. The van der Waals surface area contributed by atoms with E-state index in [9.17, 15) is 4.39 Å². The van der Waals surface area contributed by atoms with Crippen LogP contribution in [0, 0.1) is 12.7 Å². The molecule has 0 aliphatic rings. The van der Waals surface area contributed by atoms with Gasteiger partial charge in [-0.15, -0.1) is 0 Å². The standard InChI is InChI=1S/C14H15ClFN3/c1-4-12-18-13(8(2)14(17-3)19-12)10-7-9(16)5-6-11(10)15/h5-7H,4H2,1-3H3,(H,17,18,19). The number of hydrogen-bond donors (Lipinski definition) is 1. The molecular weight excluding hydrogens is 265 g/mol. The number of rotatable bonds is 3. The molecule has 0 aliphatic carbocycles. The van der Waals surface area contributed by atoms with Gasteiger partial charge in [0.1, 0.15) is 17.5 Å². The molecule has 0 saturated carbocycles. The molecule has 1 N–H and O–H groups in total. The maximum Gasteiger partial charge on any atom is 0.132 e. The van der Waals surface area contributed by atoms with E-state index in [4.69, 9.17) is 11.6 Å². The van der Waals surface area contributed by atoms with E-state index in [2.05, 4.69) is 15.3 Å². The van der Waals surface area contributed by atoms with Crippen LogP contribution in [0.15, 0.2) is 18.2 Å². The van der Waals surface area contributed by atoms with Gasteiger partial charge >= 0.3 is 0 Å². The largest absolute Gasteiger partial charge is 0.373 e. The summed E-state index contributed by atoms with van der Waals surface area (Å²) in [6.07, 6.45) is 0.703.